The van der Waals surface area contributed by atoms with E-state index in [1.54, 1.807) is 0 Å². The lowest BCUT2D eigenvalue weighted by Gasteiger charge is -2.27. The number of nitrogens with two attached hydrogens (primary N) is 1. The van der Waals surface area contributed by atoms with E-state index >= 15 is 0 Å². The van der Waals surface area contributed by atoms with Crippen molar-refractivity contribution in [3.63, 3.8) is 0 Å². The third kappa shape index (κ3) is 4.02. The molecule has 100 valence electrons. The molecule has 0 spiro atoms. The Morgan fingerprint density at radius 2 is 2.00 bits per heavy atom. The van der Waals surface area contributed by atoms with Gasteiger partial charge in [0, 0.05) is 6.04 Å². The average molecular weight is 247 g/mol. The summed E-state index contributed by atoms with van der Waals surface area (Å²) in [7, 11) is 0. The quantitative estimate of drug-likeness (QED) is 0.883. The van der Waals surface area contributed by atoms with Gasteiger partial charge in [-0.25, -0.2) is 0 Å². The molecule has 0 saturated heterocycles. The van der Waals surface area contributed by atoms with Crippen LogP contribution in [0.25, 0.3) is 0 Å². The van der Waals surface area contributed by atoms with Crippen LogP contribution in [0.4, 0.5) is 0 Å². The topological polar surface area (TPSA) is 35.2 Å². The van der Waals surface area contributed by atoms with Crippen molar-refractivity contribution in [2.24, 2.45) is 11.7 Å². The maximum Gasteiger partial charge on any atom is 0.119 e. The largest absolute Gasteiger partial charge is 0.490 e. The van der Waals surface area contributed by atoms with E-state index in [9.17, 15) is 0 Å². The van der Waals surface area contributed by atoms with Gasteiger partial charge in [0.15, 0.2) is 0 Å². The summed E-state index contributed by atoms with van der Waals surface area (Å²) >= 11 is 0. The van der Waals surface area contributed by atoms with Gasteiger partial charge in [-0.15, -0.1) is 0 Å². The first-order chi connectivity index (χ1) is 8.63. The van der Waals surface area contributed by atoms with Crippen LogP contribution in [0, 0.1) is 5.92 Å². The van der Waals surface area contributed by atoms with Gasteiger partial charge in [0.1, 0.15) is 5.75 Å². The fraction of sp³-hybridized carbons (Fsp3) is 0.625. The molecule has 3 unspecified atom stereocenters. The highest BCUT2D eigenvalue weighted by Gasteiger charge is 2.20. The van der Waals surface area contributed by atoms with Crippen LogP contribution >= 0.6 is 0 Å². The Hall–Kier alpha value is -1.02. The third-order valence-electron chi connectivity index (χ3n) is 3.67. The summed E-state index contributed by atoms with van der Waals surface area (Å²) in [4.78, 5) is 0. The van der Waals surface area contributed by atoms with Crippen LogP contribution < -0.4 is 10.5 Å². The summed E-state index contributed by atoms with van der Waals surface area (Å²) in [5, 5.41) is 0. The van der Waals surface area contributed by atoms with Crippen LogP contribution in [0.15, 0.2) is 24.3 Å². The van der Waals surface area contributed by atoms with Crippen LogP contribution in [0.5, 0.6) is 5.75 Å². The second-order valence-electron chi connectivity index (χ2n) is 5.84. The summed E-state index contributed by atoms with van der Waals surface area (Å²) in [5.41, 5.74) is 7.08. The molecule has 2 nitrogen and oxygen atoms in total. The minimum atomic E-state index is 0.218. The number of hydrogen-bond acceptors (Lipinski definition) is 2. The first kappa shape index (κ1) is 13.4. The van der Waals surface area contributed by atoms with Crippen LogP contribution in [0.3, 0.4) is 0 Å². The second kappa shape index (κ2) is 6.24. The Morgan fingerprint density at radius 3 is 2.61 bits per heavy atom. The lowest BCUT2D eigenvalue weighted by molar-refractivity contribution is 0.129. The van der Waals surface area contributed by atoms with E-state index in [0.717, 1.165) is 18.1 Å². The van der Waals surface area contributed by atoms with Crippen molar-refractivity contribution >= 4 is 0 Å². The molecule has 0 bridgehead atoms. The van der Waals surface area contributed by atoms with Gasteiger partial charge in [-0.1, -0.05) is 25.5 Å². The molecule has 1 fully saturated rings. The monoisotopic (exact) mass is 247 g/mol. The number of benzene rings is 1. The summed E-state index contributed by atoms with van der Waals surface area (Å²) in [6.45, 7) is 4.36. The van der Waals surface area contributed by atoms with Crippen molar-refractivity contribution < 1.29 is 4.74 Å². The number of rotatable bonds is 4. The zero-order chi connectivity index (χ0) is 13.0. The number of hydrogen-bond donors (Lipinski definition) is 1. The van der Waals surface area contributed by atoms with Crippen LogP contribution in [-0.2, 0) is 6.42 Å². The first-order valence-electron chi connectivity index (χ1n) is 7.14. The van der Waals surface area contributed by atoms with Gasteiger partial charge < -0.3 is 10.5 Å². The zero-order valence-electron chi connectivity index (χ0n) is 11.6. The number of ether oxygens (including phenoxy) is 1. The molecule has 1 aromatic carbocycles. The highest BCUT2D eigenvalue weighted by Crippen LogP contribution is 2.27. The van der Waals surface area contributed by atoms with E-state index in [-0.39, 0.29) is 6.04 Å². The van der Waals surface area contributed by atoms with Crippen molar-refractivity contribution in [2.75, 3.05) is 0 Å². The molecule has 0 amide bonds. The maximum atomic E-state index is 6.05. The van der Waals surface area contributed by atoms with Crippen molar-refractivity contribution in [3.8, 4) is 5.75 Å². The van der Waals surface area contributed by atoms with E-state index < -0.39 is 0 Å². The van der Waals surface area contributed by atoms with Crippen LogP contribution in [0.1, 0.15) is 45.1 Å². The fourth-order valence-electron chi connectivity index (χ4n) is 2.75. The molecule has 2 rings (SSSR count). The molecule has 1 saturated carbocycles. The van der Waals surface area contributed by atoms with Crippen molar-refractivity contribution in [3.05, 3.63) is 29.8 Å². The average Bonchev–Trinajstić information content (AvgIpc) is 2.31. The second-order valence-corrected chi connectivity index (χ2v) is 5.84. The molecule has 3 atom stereocenters. The molecule has 0 radical (unpaired) electrons. The van der Waals surface area contributed by atoms with Gasteiger partial charge in [-0.2, -0.15) is 0 Å². The van der Waals surface area contributed by atoms with E-state index in [1.165, 1.54) is 31.2 Å². The van der Waals surface area contributed by atoms with Crippen LogP contribution in [-0.4, -0.2) is 12.1 Å². The van der Waals surface area contributed by atoms with Gasteiger partial charge >= 0.3 is 0 Å². The predicted octanol–water partition coefficient (Wildman–Crippen LogP) is 3.53. The summed E-state index contributed by atoms with van der Waals surface area (Å²) < 4.78 is 6.05. The Labute approximate surface area is 111 Å². The molecular formula is C16H25NO. The smallest absolute Gasteiger partial charge is 0.119 e. The van der Waals surface area contributed by atoms with Crippen molar-refractivity contribution in [2.45, 2.75) is 58.1 Å². The van der Waals surface area contributed by atoms with E-state index in [0.29, 0.717) is 6.10 Å². The molecule has 0 heterocycles. The third-order valence-corrected chi connectivity index (χ3v) is 3.67. The maximum absolute atomic E-state index is 6.05. The standard InChI is InChI=1S/C16H25NO/c1-12-4-3-5-16(10-12)18-15-8-6-14(7-9-15)11-13(2)17/h6-9,12-13,16H,3-5,10-11,17H2,1-2H3. The molecule has 2 N–H and O–H groups in total. The molecule has 0 aromatic heterocycles. The van der Waals surface area contributed by atoms with Gasteiger partial charge in [0.2, 0.25) is 0 Å². The summed E-state index contributed by atoms with van der Waals surface area (Å²) in [6.07, 6.45) is 6.39. The van der Waals surface area contributed by atoms with Gasteiger partial charge in [-0.3, -0.25) is 0 Å². The highest BCUT2D eigenvalue weighted by molar-refractivity contribution is 5.28. The van der Waals surface area contributed by atoms with Gasteiger partial charge in [-0.05, 0) is 56.2 Å². The summed E-state index contributed by atoms with van der Waals surface area (Å²) in [6, 6.07) is 8.64. The minimum absolute atomic E-state index is 0.218. The van der Waals surface area contributed by atoms with Gasteiger partial charge in [0.05, 0.1) is 6.10 Å². The summed E-state index contributed by atoms with van der Waals surface area (Å²) in [5.74, 6) is 1.81. The molecule has 2 heteroatoms. The lowest BCUT2D eigenvalue weighted by atomic mass is 9.89. The molecule has 1 aliphatic carbocycles. The minimum Gasteiger partial charge on any atom is -0.490 e. The van der Waals surface area contributed by atoms with Crippen molar-refractivity contribution in [1.82, 2.24) is 0 Å². The molecule has 1 aromatic rings. The van der Waals surface area contributed by atoms with E-state index in [4.69, 9.17) is 10.5 Å². The van der Waals surface area contributed by atoms with E-state index in [2.05, 4.69) is 31.2 Å². The lowest BCUT2D eigenvalue weighted by Crippen LogP contribution is -2.24. The molecule has 18 heavy (non-hydrogen) atoms. The van der Waals surface area contributed by atoms with E-state index in [1.807, 2.05) is 6.92 Å². The Bertz CT molecular complexity index is 358. The fourth-order valence-corrected chi connectivity index (χ4v) is 2.75. The highest BCUT2D eigenvalue weighted by atomic mass is 16.5. The predicted molar refractivity (Wildman–Crippen MR) is 75.8 cm³/mol. The first-order valence-corrected chi connectivity index (χ1v) is 7.14. The SMILES string of the molecule is CC(N)Cc1ccc(OC2CCCC(C)C2)cc1. The normalized spacial score (nSPS) is 25.7. The Morgan fingerprint density at radius 1 is 1.28 bits per heavy atom. The molecule has 0 aliphatic heterocycles. The van der Waals surface area contributed by atoms with Crippen molar-refractivity contribution in [1.29, 1.82) is 0 Å². The zero-order valence-corrected chi connectivity index (χ0v) is 11.6. The van der Waals surface area contributed by atoms with Gasteiger partial charge in [0.25, 0.3) is 0 Å². The Balaban J connectivity index is 1.89. The Kier molecular flexibility index (Phi) is 4.65. The molecule has 1 aliphatic rings. The van der Waals surface area contributed by atoms with Crippen LogP contribution in [0.2, 0.25) is 0 Å². The molecular weight excluding hydrogens is 222 g/mol.